The number of benzene rings is 1. The highest BCUT2D eigenvalue weighted by molar-refractivity contribution is 5.95. The zero-order chi connectivity index (χ0) is 16.2. The summed E-state index contributed by atoms with van der Waals surface area (Å²) < 4.78 is 5.72. The quantitative estimate of drug-likeness (QED) is 0.902. The fraction of sp³-hybridized carbons (Fsp3) is 0.632. The molecule has 0 aromatic heterocycles. The van der Waals surface area contributed by atoms with Gasteiger partial charge in [0.15, 0.2) is 0 Å². The van der Waals surface area contributed by atoms with Crippen molar-refractivity contribution in [2.45, 2.75) is 64.5 Å². The Morgan fingerprint density at radius 1 is 1.39 bits per heavy atom. The second-order valence-electron chi connectivity index (χ2n) is 6.85. The molecule has 1 N–H and O–H groups in total. The van der Waals surface area contributed by atoms with Gasteiger partial charge in [-0.25, -0.2) is 0 Å². The predicted octanol–water partition coefficient (Wildman–Crippen LogP) is 3.60. The van der Waals surface area contributed by atoms with E-state index in [1.165, 1.54) is 18.4 Å². The predicted molar refractivity (Wildman–Crippen MR) is 93.0 cm³/mol. The summed E-state index contributed by atoms with van der Waals surface area (Å²) in [6.07, 6.45) is 6.83. The number of rotatable bonds is 5. The first-order chi connectivity index (χ1) is 11.2. The van der Waals surface area contributed by atoms with Crippen LogP contribution in [0.5, 0.6) is 5.75 Å². The number of carbonyl (C=O) groups excluding carboxylic acids is 1. The van der Waals surface area contributed by atoms with Crippen LogP contribution in [0.25, 0.3) is 0 Å². The molecule has 0 spiro atoms. The summed E-state index contributed by atoms with van der Waals surface area (Å²) in [7, 11) is 0. The molecule has 1 aromatic carbocycles. The molecule has 2 aliphatic heterocycles. The van der Waals surface area contributed by atoms with E-state index >= 15 is 0 Å². The molecular weight excluding hydrogens is 288 g/mol. The van der Waals surface area contributed by atoms with Crippen LogP contribution in [0.1, 0.15) is 51.5 Å². The van der Waals surface area contributed by atoms with Gasteiger partial charge in [-0.2, -0.15) is 0 Å². The minimum Gasteiger partial charge on any atom is -0.490 e. The summed E-state index contributed by atoms with van der Waals surface area (Å²) in [6, 6.07) is 6.02. The second-order valence-corrected chi connectivity index (χ2v) is 6.85. The molecule has 23 heavy (non-hydrogen) atoms. The molecule has 0 aliphatic carbocycles. The lowest BCUT2D eigenvalue weighted by atomic mass is 10.0. The topological polar surface area (TPSA) is 41.6 Å². The Morgan fingerprint density at radius 3 is 3.09 bits per heavy atom. The summed E-state index contributed by atoms with van der Waals surface area (Å²) in [5.74, 6) is 1.10. The molecule has 1 amide bonds. The first-order valence-electron chi connectivity index (χ1n) is 9.02. The maximum Gasteiger partial charge on any atom is 0.241 e. The van der Waals surface area contributed by atoms with Crippen LogP contribution in [-0.4, -0.2) is 36.0 Å². The molecule has 2 heterocycles. The first-order valence-corrected chi connectivity index (χ1v) is 9.02. The van der Waals surface area contributed by atoms with Gasteiger partial charge in [0, 0.05) is 12.1 Å². The first kappa shape index (κ1) is 16.3. The number of fused-ring (bicyclic) bond motifs is 1. The number of unbranched alkanes of at least 4 members (excludes halogenated alkanes) is 1. The normalized spacial score (nSPS) is 24.1. The van der Waals surface area contributed by atoms with E-state index in [-0.39, 0.29) is 18.1 Å². The van der Waals surface area contributed by atoms with Crippen molar-refractivity contribution in [3.63, 3.8) is 0 Å². The van der Waals surface area contributed by atoms with E-state index in [4.69, 9.17) is 4.74 Å². The number of likely N-dealkylation sites (tertiary alicyclic amines) is 1. The molecule has 0 saturated carbocycles. The number of ether oxygens (including phenoxy) is 1. The van der Waals surface area contributed by atoms with Crippen molar-refractivity contribution >= 4 is 11.6 Å². The Kier molecular flexibility index (Phi) is 5.21. The van der Waals surface area contributed by atoms with Crippen molar-refractivity contribution in [3.05, 3.63) is 23.8 Å². The van der Waals surface area contributed by atoms with Gasteiger partial charge >= 0.3 is 0 Å². The second kappa shape index (κ2) is 7.35. The fourth-order valence-electron chi connectivity index (χ4n) is 3.64. The number of nitrogens with zero attached hydrogens (tertiary/aromatic N) is 1. The van der Waals surface area contributed by atoms with Crippen molar-refractivity contribution in [3.8, 4) is 5.75 Å². The fourth-order valence-corrected chi connectivity index (χ4v) is 3.64. The lowest BCUT2D eigenvalue weighted by molar-refractivity contribution is -0.122. The molecule has 3 rings (SSSR count). The van der Waals surface area contributed by atoms with Gasteiger partial charge in [-0.3, -0.25) is 9.69 Å². The molecule has 0 unspecified atom stereocenters. The van der Waals surface area contributed by atoms with E-state index in [9.17, 15) is 4.79 Å². The third kappa shape index (κ3) is 3.86. The summed E-state index contributed by atoms with van der Waals surface area (Å²) in [5.41, 5.74) is 2.09. The Bertz CT molecular complexity index is 558. The maximum atomic E-state index is 12.7. The van der Waals surface area contributed by atoms with Crippen LogP contribution in [0.2, 0.25) is 0 Å². The highest BCUT2D eigenvalue weighted by Gasteiger charge is 2.28. The van der Waals surface area contributed by atoms with Crippen LogP contribution in [0.4, 0.5) is 5.69 Å². The highest BCUT2D eigenvalue weighted by Crippen LogP contribution is 2.31. The van der Waals surface area contributed by atoms with E-state index in [0.29, 0.717) is 0 Å². The molecule has 2 atom stereocenters. The van der Waals surface area contributed by atoms with Crippen LogP contribution in [-0.2, 0) is 11.2 Å². The molecule has 1 saturated heterocycles. The Labute approximate surface area is 139 Å². The van der Waals surface area contributed by atoms with Gasteiger partial charge in [-0.05, 0) is 63.0 Å². The summed E-state index contributed by atoms with van der Waals surface area (Å²) in [4.78, 5) is 15.1. The van der Waals surface area contributed by atoms with Gasteiger partial charge in [-0.1, -0.05) is 19.8 Å². The van der Waals surface area contributed by atoms with E-state index < -0.39 is 0 Å². The minimum atomic E-state index is 0.0266. The molecule has 0 radical (unpaired) electrons. The molecule has 4 nitrogen and oxygen atoms in total. The molecule has 2 aliphatic rings. The number of amides is 1. The SMILES string of the molecule is CCCCN1CCCC[C@@H]1C(=O)Nc1ccc2c(c1)C[C@H](C)O2. The average Bonchev–Trinajstić information content (AvgIpc) is 2.92. The third-order valence-corrected chi connectivity index (χ3v) is 4.88. The number of anilines is 1. The van der Waals surface area contributed by atoms with E-state index in [1.807, 2.05) is 12.1 Å². The average molecular weight is 316 g/mol. The van der Waals surface area contributed by atoms with Crippen molar-refractivity contribution < 1.29 is 9.53 Å². The molecule has 1 fully saturated rings. The van der Waals surface area contributed by atoms with Crippen molar-refractivity contribution in [1.82, 2.24) is 4.90 Å². The Hall–Kier alpha value is -1.55. The molecule has 1 aromatic rings. The Balaban J connectivity index is 1.65. The summed E-state index contributed by atoms with van der Waals surface area (Å²) in [6.45, 7) is 6.36. The summed E-state index contributed by atoms with van der Waals surface area (Å²) in [5, 5.41) is 3.13. The number of hydrogen-bond acceptors (Lipinski definition) is 3. The number of hydrogen-bond donors (Lipinski definition) is 1. The van der Waals surface area contributed by atoms with Crippen LogP contribution in [0, 0.1) is 0 Å². The largest absolute Gasteiger partial charge is 0.490 e. The number of carbonyl (C=O) groups is 1. The smallest absolute Gasteiger partial charge is 0.241 e. The van der Waals surface area contributed by atoms with E-state index in [0.717, 1.165) is 50.2 Å². The van der Waals surface area contributed by atoms with Crippen molar-refractivity contribution in [2.24, 2.45) is 0 Å². The van der Waals surface area contributed by atoms with Crippen LogP contribution >= 0.6 is 0 Å². The zero-order valence-electron chi connectivity index (χ0n) is 14.3. The summed E-state index contributed by atoms with van der Waals surface area (Å²) >= 11 is 0. The lowest BCUT2D eigenvalue weighted by Gasteiger charge is -2.34. The van der Waals surface area contributed by atoms with Crippen LogP contribution in [0.15, 0.2) is 18.2 Å². The number of nitrogens with one attached hydrogen (secondary N) is 1. The monoisotopic (exact) mass is 316 g/mol. The zero-order valence-corrected chi connectivity index (χ0v) is 14.3. The van der Waals surface area contributed by atoms with Gasteiger partial charge in [0.1, 0.15) is 11.9 Å². The molecular formula is C19H28N2O2. The van der Waals surface area contributed by atoms with Gasteiger partial charge in [-0.15, -0.1) is 0 Å². The van der Waals surface area contributed by atoms with E-state index in [1.54, 1.807) is 0 Å². The van der Waals surface area contributed by atoms with Crippen molar-refractivity contribution in [1.29, 1.82) is 0 Å². The van der Waals surface area contributed by atoms with E-state index in [2.05, 4.69) is 30.1 Å². The van der Waals surface area contributed by atoms with Gasteiger partial charge in [0.25, 0.3) is 0 Å². The number of piperidine rings is 1. The third-order valence-electron chi connectivity index (χ3n) is 4.88. The van der Waals surface area contributed by atoms with Crippen LogP contribution < -0.4 is 10.1 Å². The van der Waals surface area contributed by atoms with Gasteiger partial charge in [0.2, 0.25) is 5.91 Å². The van der Waals surface area contributed by atoms with Crippen LogP contribution in [0.3, 0.4) is 0 Å². The standard InChI is InChI=1S/C19H28N2O2/c1-3-4-10-21-11-6-5-7-17(21)19(22)20-16-8-9-18-15(13-16)12-14(2)23-18/h8-9,13-14,17H,3-7,10-12H2,1-2H3,(H,20,22)/t14-,17+/m0/s1. The van der Waals surface area contributed by atoms with Crippen molar-refractivity contribution in [2.75, 3.05) is 18.4 Å². The lowest BCUT2D eigenvalue weighted by Crippen LogP contribution is -2.47. The van der Waals surface area contributed by atoms with Gasteiger partial charge in [0.05, 0.1) is 6.04 Å². The molecule has 126 valence electrons. The highest BCUT2D eigenvalue weighted by atomic mass is 16.5. The minimum absolute atomic E-state index is 0.0266. The molecule has 4 heteroatoms. The Morgan fingerprint density at radius 2 is 2.26 bits per heavy atom. The van der Waals surface area contributed by atoms with Gasteiger partial charge < -0.3 is 10.1 Å². The maximum absolute atomic E-state index is 12.7. The molecule has 0 bridgehead atoms.